The first-order valence-corrected chi connectivity index (χ1v) is 8.57. The Balaban J connectivity index is 1.98. The summed E-state index contributed by atoms with van der Waals surface area (Å²) in [5.74, 6) is 0.138. The zero-order valence-corrected chi connectivity index (χ0v) is 12.7. The monoisotopic (exact) mass is 284 g/mol. The van der Waals surface area contributed by atoms with Gasteiger partial charge in [0.05, 0.1) is 6.54 Å². The summed E-state index contributed by atoms with van der Waals surface area (Å²) in [5.41, 5.74) is 0. The van der Waals surface area contributed by atoms with Crippen LogP contribution in [0.25, 0.3) is 0 Å². The third-order valence-corrected chi connectivity index (χ3v) is 5.36. The van der Waals surface area contributed by atoms with E-state index in [4.69, 9.17) is 0 Å². The molecule has 4 nitrogen and oxygen atoms in total. The maximum atomic E-state index is 12.4. The molecule has 2 rings (SSSR count). The van der Waals surface area contributed by atoms with Gasteiger partial charge in [-0.25, -0.2) is 0 Å². The highest BCUT2D eigenvalue weighted by Gasteiger charge is 2.37. The Morgan fingerprint density at radius 2 is 1.95 bits per heavy atom. The quantitative estimate of drug-likeness (QED) is 0.856. The van der Waals surface area contributed by atoms with Gasteiger partial charge in [-0.15, -0.1) is 0 Å². The van der Waals surface area contributed by atoms with E-state index < -0.39 is 0 Å². The lowest BCUT2D eigenvalue weighted by Crippen LogP contribution is -2.61. The summed E-state index contributed by atoms with van der Waals surface area (Å²) >= 11 is 1.92. The molecule has 2 aliphatic rings. The fourth-order valence-electron chi connectivity index (χ4n) is 3.12. The molecule has 1 unspecified atom stereocenters. The van der Waals surface area contributed by atoms with E-state index in [1.54, 1.807) is 0 Å². The van der Waals surface area contributed by atoms with Gasteiger partial charge >= 0.3 is 0 Å². The number of hydrogen-bond donors (Lipinski definition) is 1. The predicted octanol–water partition coefficient (Wildman–Crippen LogP) is 1.79. The molecule has 108 valence electrons. The van der Waals surface area contributed by atoms with Crippen molar-refractivity contribution in [3.05, 3.63) is 0 Å². The molecule has 0 radical (unpaired) electrons. The van der Waals surface area contributed by atoms with Crippen LogP contribution in [0.5, 0.6) is 0 Å². The summed E-state index contributed by atoms with van der Waals surface area (Å²) in [4.78, 5) is 26.0. The minimum atomic E-state index is -0.287. The Hall–Kier alpha value is -0.710. The molecule has 1 N–H and O–H groups in total. The fourth-order valence-corrected chi connectivity index (χ4v) is 3.86. The minimum absolute atomic E-state index is 0.00467. The molecule has 2 fully saturated rings. The predicted molar refractivity (Wildman–Crippen MR) is 78.1 cm³/mol. The van der Waals surface area contributed by atoms with Gasteiger partial charge in [-0.2, -0.15) is 11.8 Å². The van der Waals surface area contributed by atoms with Crippen molar-refractivity contribution in [1.29, 1.82) is 0 Å². The van der Waals surface area contributed by atoms with Gasteiger partial charge in [-0.1, -0.05) is 13.3 Å². The lowest BCUT2D eigenvalue weighted by molar-refractivity contribution is -0.147. The zero-order chi connectivity index (χ0) is 13.8. The van der Waals surface area contributed by atoms with E-state index in [1.165, 1.54) is 0 Å². The third-order valence-electron chi connectivity index (χ3n) is 4.23. The molecule has 1 atom stereocenters. The zero-order valence-electron chi connectivity index (χ0n) is 11.9. The number of piperazine rings is 1. The summed E-state index contributed by atoms with van der Waals surface area (Å²) in [7, 11) is 0. The molecular formula is C14H24N2O2S. The van der Waals surface area contributed by atoms with E-state index in [1.807, 2.05) is 23.6 Å². The summed E-state index contributed by atoms with van der Waals surface area (Å²) in [6.45, 7) is 2.30. The second-order valence-electron chi connectivity index (χ2n) is 5.54. The molecule has 0 aromatic carbocycles. The van der Waals surface area contributed by atoms with Gasteiger partial charge in [0.15, 0.2) is 0 Å². The first kappa shape index (κ1) is 14.7. The highest BCUT2D eigenvalue weighted by molar-refractivity contribution is 7.99. The van der Waals surface area contributed by atoms with Crippen LogP contribution in [0.15, 0.2) is 0 Å². The number of nitrogens with one attached hydrogen (secondary N) is 1. The first-order chi connectivity index (χ1) is 9.15. The van der Waals surface area contributed by atoms with E-state index in [0.717, 1.165) is 43.8 Å². The molecule has 1 heterocycles. The highest BCUT2D eigenvalue weighted by Crippen LogP contribution is 2.30. The maximum Gasteiger partial charge on any atom is 0.245 e. The van der Waals surface area contributed by atoms with Crippen LogP contribution in [0.1, 0.15) is 45.4 Å². The van der Waals surface area contributed by atoms with Crippen LogP contribution in [0, 0.1) is 0 Å². The van der Waals surface area contributed by atoms with E-state index in [0.29, 0.717) is 0 Å². The van der Waals surface area contributed by atoms with Crippen molar-refractivity contribution < 1.29 is 9.59 Å². The molecule has 19 heavy (non-hydrogen) atoms. The van der Waals surface area contributed by atoms with Crippen LogP contribution in [0.3, 0.4) is 0 Å². The number of thioether (sulfide) groups is 1. The van der Waals surface area contributed by atoms with Gasteiger partial charge in [-0.3, -0.25) is 9.59 Å². The standard InChI is InChI=1S/C14H24N2O2S/c1-3-4-12-14(18)16(9-13(17)15-12)10-5-7-11(19-2)8-6-10/h10-12H,3-9H2,1-2H3,(H,15,17). The number of amides is 2. The molecule has 5 heteroatoms. The van der Waals surface area contributed by atoms with Crippen molar-refractivity contribution >= 4 is 23.6 Å². The highest BCUT2D eigenvalue weighted by atomic mass is 32.2. The maximum absolute atomic E-state index is 12.4. The second-order valence-corrected chi connectivity index (χ2v) is 6.68. The molecule has 0 bridgehead atoms. The van der Waals surface area contributed by atoms with E-state index in [-0.39, 0.29) is 30.4 Å². The summed E-state index contributed by atoms with van der Waals surface area (Å²) in [6.07, 6.45) is 8.24. The number of rotatable bonds is 4. The SMILES string of the molecule is CCCC1NC(=O)CN(C2CCC(SC)CC2)C1=O. The fraction of sp³-hybridized carbons (Fsp3) is 0.857. The van der Waals surface area contributed by atoms with Crippen molar-refractivity contribution in [2.45, 2.75) is 62.8 Å². The number of carbonyl (C=O) groups excluding carboxylic acids is 2. The van der Waals surface area contributed by atoms with Crippen molar-refractivity contribution in [2.24, 2.45) is 0 Å². The average Bonchev–Trinajstić information content (AvgIpc) is 2.43. The lowest BCUT2D eigenvalue weighted by atomic mass is 9.92. The summed E-state index contributed by atoms with van der Waals surface area (Å²) in [5, 5.41) is 3.55. The molecule has 0 aromatic rings. The molecule has 0 spiro atoms. The van der Waals surface area contributed by atoms with Crippen LogP contribution < -0.4 is 5.32 Å². The first-order valence-electron chi connectivity index (χ1n) is 7.28. The van der Waals surface area contributed by atoms with Gasteiger partial charge in [0.2, 0.25) is 11.8 Å². The smallest absolute Gasteiger partial charge is 0.245 e. The van der Waals surface area contributed by atoms with Crippen LogP contribution >= 0.6 is 11.8 Å². The Morgan fingerprint density at radius 3 is 2.53 bits per heavy atom. The normalized spacial score (nSPS) is 32.3. The summed E-state index contributed by atoms with van der Waals surface area (Å²) in [6, 6.07) is -0.00849. The van der Waals surface area contributed by atoms with Crippen molar-refractivity contribution in [2.75, 3.05) is 12.8 Å². The lowest BCUT2D eigenvalue weighted by Gasteiger charge is -2.40. The molecule has 1 saturated carbocycles. The third kappa shape index (κ3) is 3.44. The van der Waals surface area contributed by atoms with Crippen LogP contribution in [0.4, 0.5) is 0 Å². The van der Waals surface area contributed by atoms with E-state index in [9.17, 15) is 9.59 Å². The molecule has 1 saturated heterocycles. The molecular weight excluding hydrogens is 260 g/mol. The molecule has 2 amide bonds. The Morgan fingerprint density at radius 1 is 1.26 bits per heavy atom. The summed E-state index contributed by atoms with van der Waals surface area (Å²) < 4.78 is 0. The minimum Gasteiger partial charge on any atom is -0.343 e. The van der Waals surface area contributed by atoms with Gasteiger partial charge < -0.3 is 10.2 Å². The van der Waals surface area contributed by atoms with Crippen molar-refractivity contribution in [3.8, 4) is 0 Å². The van der Waals surface area contributed by atoms with Crippen LogP contribution in [-0.2, 0) is 9.59 Å². The van der Waals surface area contributed by atoms with Gasteiger partial charge in [-0.05, 0) is 38.4 Å². The number of hydrogen-bond acceptors (Lipinski definition) is 3. The van der Waals surface area contributed by atoms with Crippen molar-refractivity contribution in [1.82, 2.24) is 10.2 Å². The number of carbonyl (C=O) groups is 2. The number of nitrogens with zero attached hydrogens (tertiary/aromatic N) is 1. The topological polar surface area (TPSA) is 49.4 Å². The Kier molecular flexibility index (Phi) is 5.13. The van der Waals surface area contributed by atoms with E-state index in [2.05, 4.69) is 11.6 Å². The Bertz CT molecular complexity index is 340. The van der Waals surface area contributed by atoms with E-state index >= 15 is 0 Å². The van der Waals surface area contributed by atoms with Crippen LogP contribution in [-0.4, -0.2) is 46.8 Å². The molecule has 0 aromatic heterocycles. The molecule has 1 aliphatic heterocycles. The van der Waals surface area contributed by atoms with Crippen LogP contribution in [0.2, 0.25) is 0 Å². The van der Waals surface area contributed by atoms with Gasteiger partial charge in [0.1, 0.15) is 6.04 Å². The Labute approximate surface area is 119 Å². The van der Waals surface area contributed by atoms with Gasteiger partial charge in [0.25, 0.3) is 0 Å². The largest absolute Gasteiger partial charge is 0.343 e. The van der Waals surface area contributed by atoms with Gasteiger partial charge in [0, 0.05) is 11.3 Å². The molecule has 1 aliphatic carbocycles. The van der Waals surface area contributed by atoms with Crippen molar-refractivity contribution in [3.63, 3.8) is 0 Å². The second kappa shape index (κ2) is 6.64. The average molecular weight is 284 g/mol.